The Kier molecular flexibility index (Phi) is 4.98. The maximum absolute atomic E-state index is 12.1. The van der Waals surface area contributed by atoms with Crippen molar-refractivity contribution in [2.75, 3.05) is 0 Å². The monoisotopic (exact) mass is 331 g/mol. The van der Waals surface area contributed by atoms with Crippen LogP contribution in [0.4, 0.5) is 0 Å². The van der Waals surface area contributed by atoms with E-state index < -0.39 is 35.7 Å². The van der Waals surface area contributed by atoms with Gasteiger partial charge in [0.05, 0.1) is 0 Å². The number of nitrogens with one attached hydrogen (secondary N) is 2. The number of aryl methyl sites for hydroxylation is 2. The van der Waals surface area contributed by atoms with Crippen LogP contribution in [0.15, 0.2) is 40.1 Å². The molecule has 8 nitrogen and oxygen atoms in total. The summed E-state index contributed by atoms with van der Waals surface area (Å²) in [5.74, 6) is -1.86. The molecule has 0 saturated heterocycles. The first-order valence-corrected chi connectivity index (χ1v) is 7.16. The molecule has 0 bridgehead atoms. The minimum Gasteiger partial charge on any atom is -0.479 e. The number of carbonyl (C=O) groups is 2. The maximum Gasteiger partial charge on any atom is 0.330 e. The lowest BCUT2D eigenvalue weighted by molar-refractivity contribution is -0.142. The van der Waals surface area contributed by atoms with Crippen molar-refractivity contribution in [3.05, 3.63) is 68.0 Å². The Balaban J connectivity index is 2.21. The van der Waals surface area contributed by atoms with Gasteiger partial charge in [0.2, 0.25) is 5.91 Å². The number of H-pyrrole nitrogens is 1. The molecule has 1 unspecified atom stereocenters. The number of nitrogens with zero attached hydrogens (tertiary/aromatic N) is 1. The van der Waals surface area contributed by atoms with Gasteiger partial charge in [0.25, 0.3) is 5.56 Å². The molecule has 0 aliphatic heterocycles. The fraction of sp³-hybridized carbons (Fsp3) is 0.250. The minimum atomic E-state index is -1.23. The molecular weight excluding hydrogens is 314 g/mol. The summed E-state index contributed by atoms with van der Waals surface area (Å²) in [5, 5.41) is 11.8. The highest BCUT2D eigenvalue weighted by molar-refractivity contribution is 5.84. The van der Waals surface area contributed by atoms with E-state index in [0.717, 1.165) is 21.8 Å². The van der Waals surface area contributed by atoms with Crippen LogP contribution in [0.5, 0.6) is 0 Å². The van der Waals surface area contributed by atoms with Crippen molar-refractivity contribution in [3.63, 3.8) is 0 Å². The molecule has 1 amide bonds. The first-order chi connectivity index (χ1) is 11.3. The van der Waals surface area contributed by atoms with Crippen LogP contribution >= 0.6 is 0 Å². The smallest absolute Gasteiger partial charge is 0.330 e. The summed E-state index contributed by atoms with van der Waals surface area (Å²) in [5.41, 5.74) is 0.887. The third-order valence-electron chi connectivity index (χ3n) is 3.34. The number of hydrogen-bond donors (Lipinski definition) is 3. The molecule has 0 radical (unpaired) electrons. The number of amides is 1. The molecule has 1 heterocycles. The predicted molar refractivity (Wildman–Crippen MR) is 85.8 cm³/mol. The Morgan fingerprint density at radius 3 is 2.38 bits per heavy atom. The van der Waals surface area contributed by atoms with Gasteiger partial charge < -0.3 is 10.4 Å². The molecule has 0 spiro atoms. The molecule has 0 aliphatic carbocycles. The summed E-state index contributed by atoms with van der Waals surface area (Å²) < 4.78 is 0.983. The number of aliphatic carboxylic acids is 1. The highest BCUT2D eigenvalue weighted by Crippen LogP contribution is 2.17. The van der Waals surface area contributed by atoms with Crippen molar-refractivity contribution in [2.24, 2.45) is 0 Å². The Morgan fingerprint density at radius 2 is 1.83 bits per heavy atom. The van der Waals surface area contributed by atoms with E-state index in [1.54, 1.807) is 12.1 Å². The summed E-state index contributed by atoms with van der Waals surface area (Å²) in [6.45, 7) is 3.26. The van der Waals surface area contributed by atoms with Crippen LogP contribution in [0.3, 0.4) is 0 Å². The summed E-state index contributed by atoms with van der Waals surface area (Å²) in [6.07, 6.45) is 1.17. The van der Waals surface area contributed by atoms with E-state index >= 15 is 0 Å². The summed E-state index contributed by atoms with van der Waals surface area (Å²) in [4.78, 5) is 48.2. The first-order valence-electron chi connectivity index (χ1n) is 7.16. The van der Waals surface area contributed by atoms with E-state index in [-0.39, 0.29) is 0 Å². The van der Waals surface area contributed by atoms with Crippen molar-refractivity contribution in [3.8, 4) is 0 Å². The van der Waals surface area contributed by atoms with Gasteiger partial charge in [-0.3, -0.25) is 19.1 Å². The van der Waals surface area contributed by atoms with Crippen molar-refractivity contribution in [1.29, 1.82) is 0 Å². The van der Waals surface area contributed by atoms with Gasteiger partial charge in [-0.1, -0.05) is 29.3 Å². The molecule has 126 valence electrons. The van der Waals surface area contributed by atoms with E-state index in [1.807, 2.05) is 24.9 Å². The average molecular weight is 331 g/mol. The number of benzene rings is 1. The lowest BCUT2D eigenvalue weighted by Gasteiger charge is -2.16. The van der Waals surface area contributed by atoms with Gasteiger partial charge in [-0.15, -0.1) is 0 Å². The van der Waals surface area contributed by atoms with Crippen LogP contribution in [-0.4, -0.2) is 26.5 Å². The Hall–Kier alpha value is -3.16. The second kappa shape index (κ2) is 6.95. The number of aromatic amines is 1. The van der Waals surface area contributed by atoms with Crippen LogP contribution in [0, 0.1) is 13.8 Å². The Labute approximate surface area is 136 Å². The average Bonchev–Trinajstić information content (AvgIpc) is 2.46. The summed E-state index contributed by atoms with van der Waals surface area (Å²) in [6, 6.07) is 5.13. The van der Waals surface area contributed by atoms with Gasteiger partial charge in [-0.05, 0) is 19.4 Å². The Bertz CT molecular complexity index is 877. The third kappa shape index (κ3) is 4.19. The van der Waals surface area contributed by atoms with Crippen LogP contribution in [0.25, 0.3) is 0 Å². The van der Waals surface area contributed by atoms with Crippen LogP contribution in [0.2, 0.25) is 0 Å². The summed E-state index contributed by atoms with van der Waals surface area (Å²) in [7, 11) is 0. The van der Waals surface area contributed by atoms with E-state index in [9.17, 15) is 24.3 Å². The highest BCUT2D eigenvalue weighted by atomic mass is 16.4. The van der Waals surface area contributed by atoms with Gasteiger partial charge in [-0.2, -0.15) is 0 Å². The van der Waals surface area contributed by atoms with E-state index in [4.69, 9.17) is 0 Å². The molecule has 24 heavy (non-hydrogen) atoms. The van der Waals surface area contributed by atoms with E-state index in [0.29, 0.717) is 5.56 Å². The van der Waals surface area contributed by atoms with Crippen molar-refractivity contribution < 1.29 is 14.7 Å². The number of aromatic nitrogens is 2. The maximum atomic E-state index is 12.1. The zero-order valence-electron chi connectivity index (χ0n) is 13.2. The number of carboxylic acid groups (broad SMARTS) is 1. The molecule has 1 aromatic heterocycles. The van der Waals surface area contributed by atoms with E-state index in [2.05, 4.69) is 5.32 Å². The lowest BCUT2D eigenvalue weighted by Crippen LogP contribution is -2.39. The zero-order valence-corrected chi connectivity index (χ0v) is 13.2. The fourth-order valence-corrected chi connectivity index (χ4v) is 2.39. The molecule has 0 fully saturated rings. The minimum absolute atomic E-state index is 0.399. The Morgan fingerprint density at radius 1 is 1.21 bits per heavy atom. The first kappa shape index (κ1) is 17.2. The zero-order chi connectivity index (χ0) is 17.9. The van der Waals surface area contributed by atoms with Gasteiger partial charge in [0, 0.05) is 12.3 Å². The molecule has 0 saturated carbocycles. The number of carboxylic acids is 1. The van der Waals surface area contributed by atoms with Crippen LogP contribution < -0.4 is 16.6 Å². The second-order valence-corrected chi connectivity index (χ2v) is 5.50. The van der Waals surface area contributed by atoms with Gasteiger partial charge >= 0.3 is 11.7 Å². The van der Waals surface area contributed by atoms with Gasteiger partial charge in [-0.25, -0.2) is 9.59 Å². The molecule has 8 heteroatoms. The van der Waals surface area contributed by atoms with E-state index in [1.165, 1.54) is 6.20 Å². The predicted octanol–water partition coefficient (Wildman–Crippen LogP) is 0.0955. The van der Waals surface area contributed by atoms with Crippen molar-refractivity contribution in [1.82, 2.24) is 14.9 Å². The molecule has 1 atom stereocenters. The lowest BCUT2D eigenvalue weighted by atomic mass is 10.0. The SMILES string of the molecule is Cc1cc(C)cc(C(NC(=O)Cn2ccc(=O)[nH]c2=O)C(=O)O)c1. The van der Waals surface area contributed by atoms with Crippen LogP contribution in [0.1, 0.15) is 22.7 Å². The largest absolute Gasteiger partial charge is 0.479 e. The third-order valence-corrected chi connectivity index (χ3v) is 3.34. The topological polar surface area (TPSA) is 121 Å². The number of hydrogen-bond acceptors (Lipinski definition) is 4. The molecular formula is C16H17N3O5. The molecule has 3 N–H and O–H groups in total. The van der Waals surface area contributed by atoms with Crippen molar-refractivity contribution in [2.45, 2.75) is 26.4 Å². The number of carbonyl (C=O) groups excluding carboxylic acids is 1. The van der Waals surface area contributed by atoms with Gasteiger partial charge in [0.15, 0.2) is 6.04 Å². The standard InChI is InChI=1S/C16H17N3O5/c1-9-5-10(2)7-11(6-9)14(15(22)23)17-13(21)8-19-4-3-12(20)18-16(19)24/h3-7,14H,8H2,1-2H3,(H,17,21)(H,22,23)(H,18,20,24). The molecule has 1 aromatic carbocycles. The number of rotatable bonds is 5. The van der Waals surface area contributed by atoms with Gasteiger partial charge in [0.1, 0.15) is 6.54 Å². The molecule has 2 rings (SSSR count). The molecule has 2 aromatic rings. The second-order valence-electron chi connectivity index (χ2n) is 5.50. The fourth-order valence-electron chi connectivity index (χ4n) is 2.39. The molecule has 0 aliphatic rings. The van der Waals surface area contributed by atoms with Crippen LogP contribution in [-0.2, 0) is 16.1 Å². The highest BCUT2D eigenvalue weighted by Gasteiger charge is 2.22. The quantitative estimate of drug-likeness (QED) is 0.717. The normalized spacial score (nSPS) is 11.8. The summed E-state index contributed by atoms with van der Waals surface area (Å²) >= 11 is 0. The van der Waals surface area contributed by atoms with Crippen molar-refractivity contribution >= 4 is 11.9 Å².